The van der Waals surface area contributed by atoms with Crippen LogP contribution in [0.15, 0.2) is 36.4 Å². The van der Waals surface area contributed by atoms with Crippen molar-refractivity contribution in [1.82, 2.24) is 10.3 Å². The molecule has 1 aliphatic rings. The number of aromatic nitrogens is 1. The Morgan fingerprint density at radius 1 is 1.22 bits per heavy atom. The molecule has 0 bridgehead atoms. The van der Waals surface area contributed by atoms with Crippen LogP contribution in [0.5, 0.6) is 5.75 Å². The van der Waals surface area contributed by atoms with Gasteiger partial charge in [0.05, 0.1) is 23.5 Å². The van der Waals surface area contributed by atoms with Crippen LogP contribution in [0, 0.1) is 6.92 Å². The van der Waals surface area contributed by atoms with Gasteiger partial charge in [0.2, 0.25) is 0 Å². The summed E-state index contributed by atoms with van der Waals surface area (Å²) in [5.74, 6) is -0.633. The van der Waals surface area contributed by atoms with Crippen LogP contribution in [0.25, 0.3) is 0 Å². The van der Waals surface area contributed by atoms with E-state index in [1.54, 1.807) is 24.3 Å². The Morgan fingerprint density at radius 2 is 1.93 bits per heavy atom. The molecular weight excluding hydrogens is 363 g/mol. The molecule has 0 fully saturated rings. The molecule has 9 heteroatoms. The monoisotopic (exact) mass is 379 g/mol. The van der Waals surface area contributed by atoms with Crippen molar-refractivity contribution < 1.29 is 27.5 Å². The fourth-order valence-electron chi connectivity index (χ4n) is 2.81. The number of nitrogens with zero attached hydrogens (tertiary/aromatic N) is 2. The van der Waals surface area contributed by atoms with Crippen molar-refractivity contribution in [2.45, 2.75) is 19.2 Å². The van der Waals surface area contributed by atoms with E-state index in [-0.39, 0.29) is 17.8 Å². The minimum atomic E-state index is -4.60. The number of benzene rings is 1. The molecule has 27 heavy (non-hydrogen) atoms. The molecular formula is C18H16F3N3O3. The van der Waals surface area contributed by atoms with Crippen LogP contribution >= 0.6 is 0 Å². The average Bonchev–Trinajstić information content (AvgIpc) is 2.65. The van der Waals surface area contributed by atoms with Gasteiger partial charge in [-0.1, -0.05) is 12.1 Å². The molecule has 1 aromatic heterocycles. The maximum atomic E-state index is 13.0. The second-order valence-electron chi connectivity index (χ2n) is 5.93. The topological polar surface area (TPSA) is 71.5 Å². The summed E-state index contributed by atoms with van der Waals surface area (Å²) in [5.41, 5.74) is -0.658. The number of likely N-dealkylation sites (N-methyl/N-ethyl adjacent to an activating group) is 1. The SMILES string of the molecule is CNC(=O)C1CN(C(=O)c2ccc(C(F)(F)F)nc2C)c2ccccc2O1. The van der Waals surface area contributed by atoms with Gasteiger partial charge in [-0.05, 0) is 31.2 Å². The number of amides is 2. The van der Waals surface area contributed by atoms with Gasteiger partial charge in [0.1, 0.15) is 11.4 Å². The van der Waals surface area contributed by atoms with E-state index in [1.807, 2.05) is 0 Å². The van der Waals surface area contributed by atoms with Crippen molar-refractivity contribution in [3.63, 3.8) is 0 Å². The molecule has 0 saturated heterocycles. The third-order valence-corrected chi connectivity index (χ3v) is 4.16. The first kappa shape index (κ1) is 18.7. The third-order valence-electron chi connectivity index (χ3n) is 4.16. The molecule has 0 spiro atoms. The van der Waals surface area contributed by atoms with E-state index in [0.717, 1.165) is 12.1 Å². The summed E-state index contributed by atoms with van der Waals surface area (Å²) in [6.45, 7) is 1.26. The predicted molar refractivity (Wildman–Crippen MR) is 90.6 cm³/mol. The number of ether oxygens (including phenoxy) is 1. The van der Waals surface area contributed by atoms with Gasteiger partial charge >= 0.3 is 6.18 Å². The number of rotatable bonds is 2. The molecule has 0 radical (unpaired) electrons. The van der Waals surface area contributed by atoms with E-state index < -0.39 is 29.8 Å². The molecule has 0 aliphatic carbocycles. The molecule has 6 nitrogen and oxygen atoms in total. The van der Waals surface area contributed by atoms with Gasteiger partial charge in [0, 0.05) is 7.05 Å². The number of alkyl halides is 3. The van der Waals surface area contributed by atoms with Gasteiger partial charge in [-0.15, -0.1) is 0 Å². The van der Waals surface area contributed by atoms with Crippen molar-refractivity contribution in [3.8, 4) is 5.75 Å². The molecule has 142 valence electrons. The van der Waals surface area contributed by atoms with E-state index in [4.69, 9.17) is 4.74 Å². The highest BCUT2D eigenvalue weighted by atomic mass is 19.4. The Bertz CT molecular complexity index is 899. The molecule has 1 aromatic carbocycles. The zero-order valence-corrected chi connectivity index (χ0v) is 14.5. The number of carbonyl (C=O) groups excluding carboxylic acids is 2. The molecule has 2 amide bonds. The predicted octanol–water partition coefficient (Wildman–Crippen LogP) is 2.56. The van der Waals surface area contributed by atoms with Gasteiger partial charge in [-0.3, -0.25) is 9.59 Å². The highest BCUT2D eigenvalue weighted by Crippen LogP contribution is 2.35. The van der Waals surface area contributed by atoms with E-state index in [0.29, 0.717) is 11.4 Å². The Kier molecular flexibility index (Phi) is 4.77. The van der Waals surface area contributed by atoms with Crippen molar-refractivity contribution in [2.75, 3.05) is 18.5 Å². The van der Waals surface area contributed by atoms with Crippen molar-refractivity contribution >= 4 is 17.5 Å². The van der Waals surface area contributed by atoms with E-state index in [9.17, 15) is 22.8 Å². The second-order valence-corrected chi connectivity index (χ2v) is 5.93. The Balaban J connectivity index is 1.99. The molecule has 1 atom stereocenters. The Hall–Kier alpha value is -3.10. The van der Waals surface area contributed by atoms with Gasteiger partial charge < -0.3 is 15.0 Å². The maximum absolute atomic E-state index is 13.0. The summed E-state index contributed by atoms with van der Waals surface area (Å²) in [7, 11) is 1.45. The van der Waals surface area contributed by atoms with Crippen LogP contribution in [0.1, 0.15) is 21.7 Å². The molecule has 0 saturated carbocycles. The average molecular weight is 379 g/mol. The van der Waals surface area contributed by atoms with Gasteiger partial charge in [-0.2, -0.15) is 13.2 Å². The minimum absolute atomic E-state index is 0.0235. The lowest BCUT2D eigenvalue weighted by Gasteiger charge is -2.34. The number of fused-ring (bicyclic) bond motifs is 1. The maximum Gasteiger partial charge on any atom is 0.433 e. The number of anilines is 1. The summed E-state index contributed by atoms with van der Waals surface area (Å²) in [4.78, 5) is 29.8. The zero-order chi connectivity index (χ0) is 19.8. The number of carbonyl (C=O) groups is 2. The first-order valence-electron chi connectivity index (χ1n) is 8.06. The minimum Gasteiger partial charge on any atom is -0.477 e. The van der Waals surface area contributed by atoms with Crippen LogP contribution < -0.4 is 15.0 Å². The summed E-state index contributed by atoms with van der Waals surface area (Å²) in [6, 6.07) is 8.51. The summed E-state index contributed by atoms with van der Waals surface area (Å²) in [5, 5.41) is 2.46. The van der Waals surface area contributed by atoms with Crippen molar-refractivity contribution in [1.29, 1.82) is 0 Å². The normalized spacial score (nSPS) is 16.3. The first-order valence-corrected chi connectivity index (χ1v) is 8.06. The number of hydrogen-bond acceptors (Lipinski definition) is 4. The van der Waals surface area contributed by atoms with Crippen LogP contribution in [0.4, 0.5) is 18.9 Å². The number of halogens is 3. The summed E-state index contributed by atoms with van der Waals surface area (Å²) < 4.78 is 44.1. The summed E-state index contributed by atoms with van der Waals surface area (Å²) in [6.07, 6.45) is -5.53. The lowest BCUT2D eigenvalue weighted by atomic mass is 10.1. The van der Waals surface area contributed by atoms with Crippen LogP contribution in [0.3, 0.4) is 0 Å². The number of para-hydroxylation sites is 2. The van der Waals surface area contributed by atoms with Gasteiger partial charge in [0.25, 0.3) is 11.8 Å². The summed E-state index contributed by atoms with van der Waals surface area (Å²) >= 11 is 0. The molecule has 3 rings (SSSR count). The molecule has 1 unspecified atom stereocenters. The van der Waals surface area contributed by atoms with Gasteiger partial charge in [-0.25, -0.2) is 4.98 Å². The lowest BCUT2D eigenvalue weighted by molar-refractivity contribution is -0.141. The lowest BCUT2D eigenvalue weighted by Crippen LogP contribution is -2.50. The third kappa shape index (κ3) is 3.57. The largest absolute Gasteiger partial charge is 0.477 e. The molecule has 1 N–H and O–H groups in total. The van der Waals surface area contributed by atoms with E-state index in [1.165, 1.54) is 18.9 Å². The van der Waals surface area contributed by atoms with Gasteiger partial charge in [0.15, 0.2) is 6.10 Å². The van der Waals surface area contributed by atoms with Crippen LogP contribution in [0.2, 0.25) is 0 Å². The second kappa shape index (κ2) is 6.90. The highest BCUT2D eigenvalue weighted by molar-refractivity contribution is 6.08. The number of nitrogens with one attached hydrogen (secondary N) is 1. The Labute approximate surface area is 152 Å². The molecule has 2 aromatic rings. The number of hydrogen-bond donors (Lipinski definition) is 1. The van der Waals surface area contributed by atoms with Crippen LogP contribution in [-0.2, 0) is 11.0 Å². The van der Waals surface area contributed by atoms with Crippen LogP contribution in [-0.4, -0.2) is 36.5 Å². The van der Waals surface area contributed by atoms with E-state index >= 15 is 0 Å². The Morgan fingerprint density at radius 3 is 2.56 bits per heavy atom. The van der Waals surface area contributed by atoms with Crippen molar-refractivity contribution in [3.05, 3.63) is 53.3 Å². The zero-order valence-electron chi connectivity index (χ0n) is 14.5. The smallest absolute Gasteiger partial charge is 0.433 e. The number of aryl methyl sites for hydroxylation is 1. The fourth-order valence-corrected chi connectivity index (χ4v) is 2.81. The standard InChI is InChI=1S/C18H16F3N3O3/c1-10-11(7-8-15(23-10)18(19,20)21)17(26)24-9-14(16(25)22-2)27-13-6-4-3-5-12(13)24/h3-8,14H,9H2,1-2H3,(H,22,25). The highest BCUT2D eigenvalue weighted by Gasteiger charge is 2.36. The first-order chi connectivity index (χ1) is 12.7. The molecule has 1 aliphatic heterocycles. The fraction of sp³-hybridized carbons (Fsp3) is 0.278. The van der Waals surface area contributed by atoms with E-state index in [2.05, 4.69) is 10.3 Å². The quantitative estimate of drug-likeness (QED) is 0.871. The molecule has 2 heterocycles. The van der Waals surface area contributed by atoms with Crippen molar-refractivity contribution in [2.24, 2.45) is 0 Å². The number of pyridine rings is 1.